The largest absolute Gasteiger partial charge is 0.480 e. The van der Waals surface area contributed by atoms with Gasteiger partial charge in [-0.15, -0.1) is 0 Å². The number of carbonyl (C=O) groups excluding carboxylic acids is 1. The zero-order valence-corrected chi connectivity index (χ0v) is 19.6. The number of hydrogen-bond acceptors (Lipinski definition) is 3. The molecule has 2 rings (SSSR count). The number of nitrogens with zero attached hydrogens (tertiary/aromatic N) is 1. The first-order valence-corrected chi connectivity index (χ1v) is 10.8. The predicted octanol–water partition coefficient (Wildman–Crippen LogP) is 5.95. The van der Waals surface area contributed by atoms with Gasteiger partial charge in [0.25, 0.3) is 5.91 Å². The maximum Gasteiger partial charge on any atom is 0.416 e. The molecule has 192 valence electrons. The maximum atomic E-state index is 13.1. The number of carboxylic acids is 1. The number of aliphatic carboxylic acids is 1. The molecule has 1 amide bonds. The lowest BCUT2D eigenvalue weighted by Gasteiger charge is -2.22. The van der Waals surface area contributed by atoms with E-state index in [1.54, 1.807) is 13.1 Å². The van der Waals surface area contributed by atoms with Crippen LogP contribution in [-0.2, 0) is 17.1 Å². The predicted molar refractivity (Wildman–Crippen MR) is 118 cm³/mol. The standard InChI is InChI=1S/C22H20Cl2F6N2O3/c1-32(11-19(33)34)5-4-13(12-2-3-17(23)18(24)8-12)10-31-20(35)14-6-15(21(25,26)27)9-16(7-14)22(28,29)30/h2-3,6-9,13H,4-5,10-11H2,1H3,(H,31,35)(H,33,34). The summed E-state index contributed by atoms with van der Waals surface area (Å²) in [6, 6.07) is 5.25. The van der Waals surface area contributed by atoms with Gasteiger partial charge in [0.15, 0.2) is 0 Å². The second-order valence-electron chi connectivity index (χ2n) is 7.80. The lowest BCUT2D eigenvalue weighted by atomic mass is 9.95. The minimum Gasteiger partial charge on any atom is -0.480 e. The molecule has 0 heterocycles. The molecule has 2 aromatic rings. The van der Waals surface area contributed by atoms with Crippen molar-refractivity contribution in [1.29, 1.82) is 0 Å². The van der Waals surface area contributed by atoms with Crippen LogP contribution in [0, 0.1) is 0 Å². The van der Waals surface area contributed by atoms with E-state index in [0.29, 0.717) is 24.1 Å². The molecule has 0 fully saturated rings. The first kappa shape index (κ1) is 28.7. The van der Waals surface area contributed by atoms with Crippen molar-refractivity contribution in [3.63, 3.8) is 0 Å². The van der Waals surface area contributed by atoms with Crippen LogP contribution in [0.15, 0.2) is 36.4 Å². The Morgan fingerprint density at radius 1 is 0.971 bits per heavy atom. The number of carboxylic acid groups (broad SMARTS) is 1. The Bertz CT molecular complexity index is 1040. The third-order valence-electron chi connectivity index (χ3n) is 5.04. The summed E-state index contributed by atoms with van der Waals surface area (Å²) in [7, 11) is 1.56. The van der Waals surface area contributed by atoms with Crippen LogP contribution in [-0.4, -0.2) is 48.6 Å². The molecule has 0 aliphatic rings. The Balaban J connectivity index is 2.28. The van der Waals surface area contributed by atoms with Gasteiger partial charge in [0.2, 0.25) is 0 Å². The molecule has 0 radical (unpaired) electrons. The Labute approximate surface area is 206 Å². The zero-order chi connectivity index (χ0) is 26.6. The van der Waals surface area contributed by atoms with Gasteiger partial charge in [-0.1, -0.05) is 29.3 Å². The van der Waals surface area contributed by atoms with Crippen molar-refractivity contribution >= 4 is 35.1 Å². The highest BCUT2D eigenvalue weighted by Crippen LogP contribution is 2.36. The summed E-state index contributed by atoms with van der Waals surface area (Å²) in [5, 5.41) is 11.7. The molecular weight excluding hydrogens is 525 g/mol. The van der Waals surface area contributed by atoms with Crippen LogP contribution in [0.2, 0.25) is 10.0 Å². The van der Waals surface area contributed by atoms with Crippen LogP contribution in [0.3, 0.4) is 0 Å². The van der Waals surface area contributed by atoms with Gasteiger partial charge < -0.3 is 10.4 Å². The molecule has 0 saturated carbocycles. The minimum absolute atomic E-state index is 0.0619. The van der Waals surface area contributed by atoms with Gasteiger partial charge in [-0.3, -0.25) is 14.5 Å². The highest BCUT2D eigenvalue weighted by molar-refractivity contribution is 6.42. The molecule has 35 heavy (non-hydrogen) atoms. The summed E-state index contributed by atoms with van der Waals surface area (Å²) in [6.07, 6.45) is -9.89. The van der Waals surface area contributed by atoms with Crippen LogP contribution in [0.1, 0.15) is 39.4 Å². The van der Waals surface area contributed by atoms with Gasteiger partial charge in [-0.05, 0) is 55.9 Å². The zero-order valence-electron chi connectivity index (χ0n) is 18.1. The highest BCUT2D eigenvalue weighted by atomic mass is 35.5. The Morgan fingerprint density at radius 3 is 2.03 bits per heavy atom. The maximum absolute atomic E-state index is 13.1. The number of halogens is 8. The van der Waals surface area contributed by atoms with E-state index < -0.39 is 46.8 Å². The number of benzene rings is 2. The van der Waals surface area contributed by atoms with E-state index in [1.807, 2.05) is 0 Å². The molecule has 0 spiro atoms. The first-order valence-electron chi connectivity index (χ1n) is 10.0. The van der Waals surface area contributed by atoms with E-state index in [2.05, 4.69) is 5.32 Å². The molecule has 2 aromatic carbocycles. The molecular formula is C22H20Cl2F6N2O3. The molecule has 0 aliphatic carbocycles. The van der Waals surface area contributed by atoms with E-state index in [-0.39, 0.29) is 35.7 Å². The van der Waals surface area contributed by atoms with Gasteiger partial charge in [-0.25, -0.2) is 0 Å². The normalized spacial score (nSPS) is 13.1. The fourth-order valence-corrected chi connectivity index (χ4v) is 3.55. The monoisotopic (exact) mass is 544 g/mol. The van der Waals surface area contributed by atoms with Crippen LogP contribution in [0.5, 0.6) is 0 Å². The van der Waals surface area contributed by atoms with E-state index >= 15 is 0 Å². The molecule has 0 saturated heterocycles. The van der Waals surface area contributed by atoms with E-state index in [0.717, 1.165) is 0 Å². The fraction of sp³-hybridized carbons (Fsp3) is 0.364. The van der Waals surface area contributed by atoms with Crippen molar-refractivity contribution in [2.24, 2.45) is 0 Å². The number of rotatable bonds is 9. The molecule has 2 N–H and O–H groups in total. The summed E-state index contributed by atoms with van der Waals surface area (Å²) in [5.74, 6) is -2.69. The molecule has 5 nitrogen and oxygen atoms in total. The molecule has 0 aliphatic heterocycles. The Hall–Kier alpha value is -2.50. The third-order valence-corrected chi connectivity index (χ3v) is 5.78. The van der Waals surface area contributed by atoms with Crippen LogP contribution in [0.25, 0.3) is 0 Å². The summed E-state index contributed by atoms with van der Waals surface area (Å²) >= 11 is 12.0. The highest BCUT2D eigenvalue weighted by Gasteiger charge is 2.37. The van der Waals surface area contributed by atoms with Crippen molar-refractivity contribution in [3.8, 4) is 0 Å². The van der Waals surface area contributed by atoms with Crippen molar-refractivity contribution in [3.05, 3.63) is 68.7 Å². The number of alkyl halides is 6. The van der Waals surface area contributed by atoms with E-state index in [1.165, 1.54) is 17.0 Å². The smallest absolute Gasteiger partial charge is 0.416 e. The Morgan fingerprint density at radius 2 is 1.54 bits per heavy atom. The molecule has 1 unspecified atom stereocenters. The molecule has 0 bridgehead atoms. The summed E-state index contributed by atoms with van der Waals surface area (Å²) in [6.45, 7) is -0.172. The average molecular weight is 545 g/mol. The van der Waals surface area contributed by atoms with Gasteiger partial charge in [0.1, 0.15) is 0 Å². The topological polar surface area (TPSA) is 69.6 Å². The number of hydrogen-bond donors (Lipinski definition) is 2. The third kappa shape index (κ3) is 8.59. The van der Waals surface area contributed by atoms with Gasteiger partial charge >= 0.3 is 18.3 Å². The summed E-state index contributed by atoms with van der Waals surface area (Å²) in [4.78, 5) is 24.9. The van der Waals surface area contributed by atoms with Gasteiger partial charge in [0.05, 0.1) is 27.7 Å². The van der Waals surface area contributed by atoms with Crippen molar-refractivity contribution < 1.29 is 41.0 Å². The van der Waals surface area contributed by atoms with Crippen LogP contribution in [0.4, 0.5) is 26.3 Å². The van der Waals surface area contributed by atoms with Crippen LogP contribution < -0.4 is 5.32 Å². The Kier molecular flexibility index (Phi) is 9.43. The molecule has 1 atom stereocenters. The second kappa shape index (κ2) is 11.5. The number of amides is 1. The van der Waals surface area contributed by atoms with Crippen molar-refractivity contribution in [1.82, 2.24) is 10.2 Å². The van der Waals surface area contributed by atoms with Crippen molar-refractivity contribution in [2.75, 3.05) is 26.7 Å². The fourth-order valence-electron chi connectivity index (χ4n) is 3.24. The van der Waals surface area contributed by atoms with Crippen LogP contribution >= 0.6 is 23.2 Å². The lowest BCUT2D eigenvalue weighted by molar-refractivity contribution is -0.143. The molecule has 0 aromatic heterocycles. The first-order chi connectivity index (χ1) is 16.1. The summed E-state index contributed by atoms with van der Waals surface area (Å²) in [5.41, 5.74) is -3.42. The lowest BCUT2D eigenvalue weighted by Crippen LogP contribution is -2.32. The minimum atomic E-state index is -5.09. The summed E-state index contributed by atoms with van der Waals surface area (Å²) < 4.78 is 78.6. The number of likely N-dealkylation sites (N-methyl/N-ethyl adjacent to an activating group) is 1. The van der Waals surface area contributed by atoms with Gasteiger partial charge in [0, 0.05) is 18.0 Å². The second-order valence-corrected chi connectivity index (χ2v) is 8.61. The number of carbonyl (C=O) groups is 2. The number of nitrogens with one attached hydrogen (secondary N) is 1. The quantitative estimate of drug-likeness (QED) is 0.383. The van der Waals surface area contributed by atoms with Crippen molar-refractivity contribution in [2.45, 2.75) is 24.7 Å². The molecule has 13 heteroatoms. The van der Waals surface area contributed by atoms with Gasteiger partial charge in [-0.2, -0.15) is 26.3 Å². The van der Waals surface area contributed by atoms with E-state index in [4.69, 9.17) is 28.3 Å². The van der Waals surface area contributed by atoms with E-state index in [9.17, 15) is 35.9 Å². The average Bonchev–Trinajstić information content (AvgIpc) is 2.73. The SMILES string of the molecule is CN(CCC(CNC(=O)c1cc(C(F)(F)F)cc(C(F)(F)F)c1)c1ccc(Cl)c(Cl)c1)CC(=O)O.